The van der Waals surface area contributed by atoms with E-state index in [-0.39, 0.29) is 5.89 Å². The van der Waals surface area contributed by atoms with Crippen LogP contribution < -0.4 is 0 Å². The number of aromatic carboxylic acids is 1. The van der Waals surface area contributed by atoms with Crippen molar-refractivity contribution in [3.05, 3.63) is 42.1 Å². The van der Waals surface area contributed by atoms with E-state index < -0.39 is 5.97 Å². The lowest BCUT2D eigenvalue weighted by Gasteiger charge is -1.98. The third-order valence-electron chi connectivity index (χ3n) is 3.34. The van der Waals surface area contributed by atoms with Gasteiger partial charge in [-0.25, -0.2) is 9.78 Å². The fraction of sp³-hybridized carbons (Fsp3) is 0.143. The molecule has 0 aliphatic carbocycles. The van der Waals surface area contributed by atoms with Crippen LogP contribution in [-0.4, -0.2) is 20.6 Å². The van der Waals surface area contributed by atoms with Crippen molar-refractivity contribution in [1.29, 1.82) is 0 Å². The van der Waals surface area contributed by atoms with Crippen LogP contribution >= 0.6 is 0 Å². The van der Waals surface area contributed by atoms with E-state index in [1.54, 1.807) is 0 Å². The maximum Gasteiger partial charge on any atom is 0.392 e. The third kappa shape index (κ3) is 1.62. The summed E-state index contributed by atoms with van der Waals surface area (Å²) in [6, 6.07) is 7.93. The van der Waals surface area contributed by atoms with E-state index in [9.17, 15) is 4.79 Å². The number of carbonyl (C=O) groups is 1. The van der Waals surface area contributed by atoms with Crippen molar-refractivity contribution >= 4 is 16.9 Å². The topological polar surface area (TPSA) is 68.3 Å². The van der Waals surface area contributed by atoms with Crippen molar-refractivity contribution in [1.82, 2.24) is 9.55 Å². The summed E-state index contributed by atoms with van der Waals surface area (Å²) in [6.07, 6.45) is 1.39. The summed E-state index contributed by atoms with van der Waals surface area (Å²) in [5.74, 6) is -1.45. The van der Waals surface area contributed by atoms with Gasteiger partial charge in [0.2, 0.25) is 0 Å². The molecule has 96 valence electrons. The number of para-hydroxylation sites is 1. The van der Waals surface area contributed by atoms with Gasteiger partial charge in [0.25, 0.3) is 0 Å². The SMILES string of the molecule is Cc1c(-c2coc(C(=O)O)n2)c2ccccc2n1C. The van der Waals surface area contributed by atoms with Crippen LogP contribution in [-0.2, 0) is 7.05 Å². The summed E-state index contributed by atoms with van der Waals surface area (Å²) < 4.78 is 7.03. The standard InChI is InChI=1S/C14H12N2O3/c1-8-12(10-7-19-13(15-10)14(17)18)9-5-3-4-6-11(9)16(8)2/h3-7H,1-2H3,(H,17,18). The number of aryl methyl sites for hydroxylation is 1. The summed E-state index contributed by atoms with van der Waals surface area (Å²) in [7, 11) is 1.97. The number of carboxylic acid groups (broad SMARTS) is 1. The molecule has 0 atom stereocenters. The minimum absolute atomic E-state index is 0.290. The fourth-order valence-electron chi connectivity index (χ4n) is 2.33. The summed E-state index contributed by atoms with van der Waals surface area (Å²) in [6.45, 7) is 1.98. The molecule has 0 spiro atoms. The molecule has 0 unspecified atom stereocenters. The fourth-order valence-corrected chi connectivity index (χ4v) is 2.33. The van der Waals surface area contributed by atoms with Gasteiger partial charge < -0.3 is 14.1 Å². The van der Waals surface area contributed by atoms with Crippen LogP contribution in [0.4, 0.5) is 0 Å². The summed E-state index contributed by atoms with van der Waals surface area (Å²) in [5.41, 5.74) is 3.56. The van der Waals surface area contributed by atoms with Gasteiger partial charge in [-0.05, 0) is 13.0 Å². The van der Waals surface area contributed by atoms with Gasteiger partial charge in [0.05, 0.1) is 0 Å². The average Bonchev–Trinajstić information content (AvgIpc) is 2.96. The van der Waals surface area contributed by atoms with Gasteiger partial charge in [-0.1, -0.05) is 18.2 Å². The molecule has 0 radical (unpaired) electrons. The molecule has 1 N–H and O–H groups in total. The van der Waals surface area contributed by atoms with Gasteiger partial charge in [0.1, 0.15) is 12.0 Å². The van der Waals surface area contributed by atoms with Crippen LogP contribution in [0.5, 0.6) is 0 Å². The first-order valence-electron chi connectivity index (χ1n) is 5.83. The van der Waals surface area contributed by atoms with Crippen molar-refractivity contribution in [3.8, 4) is 11.3 Å². The number of aromatic nitrogens is 2. The number of nitrogens with zero attached hydrogens (tertiary/aromatic N) is 2. The Labute approximate surface area is 109 Å². The van der Waals surface area contributed by atoms with Crippen LogP contribution in [0.25, 0.3) is 22.2 Å². The first-order chi connectivity index (χ1) is 9.09. The molecule has 0 fully saturated rings. The molecule has 0 aliphatic heterocycles. The normalized spacial score (nSPS) is 11.1. The first kappa shape index (κ1) is 11.5. The smallest absolute Gasteiger partial charge is 0.392 e. The summed E-state index contributed by atoms with van der Waals surface area (Å²) in [5, 5.41) is 9.91. The maximum absolute atomic E-state index is 10.8. The zero-order valence-corrected chi connectivity index (χ0v) is 10.5. The zero-order valence-electron chi connectivity index (χ0n) is 10.5. The molecule has 2 aromatic heterocycles. The van der Waals surface area contributed by atoms with Crippen LogP contribution in [0.2, 0.25) is 0 Å². The van der Waals surface area contributed by atoms with Crippen molar-refractivity contribution in [2.45, 2.75) is 6.92 Å². The number of rotatable bonds is 2. The molecule has 2 heterocycles. The Morgan fingerprint density at radius 2 is 2.11 bits per heavy atom. The highest BCUT2D eigenvalue weighted by molar-refractivity contribution is 5.97. The molecule has 3 aromatic rings. The Kier molecular flexibility index (Phi) is 2.41. The molecule has 0 saturated carbocycles. The van der Waals surface area contributed by atoms with Gasteiger partial charge in [0.15, 0.2) is 0 Å². The van der Waals surface area contributed by atoms with Crippen LogP contribution in [0.1, 0.15) is 16.4 Å². The Hall–Kier alpha value is -2.56. The van der Waals surface area contributed by atoms with E-state index in [2.05, 4.69) is 9.55 Å². The second-order valence-electron chi connectivity index (χ2n) is 4.38. The highest BCUT2D eigenvalue weighted by atomic mass is 16.4. The molecular formula is C14H12N2O3. The van der Waals surface area contributed by atoms with Crippen molar-refractivity contribution in [2.75, 3.05) is 0 Å². The molecule has 5 heteroatoms. The van der Waals surface area contributed by atoms with E-state index in [0.717, 1.165) is 22.2 Å². The molecule has 3 rings (SSSR count). The van der Waals surface area contributed by atoms with Crippen LogP contribution in [0.3, 0.4) is 0 Å². The predicted octanol–water partition coefficient (Wildman–Crippen LogP) is 2.84. The van der Waals surface area contributed by atoms with E-state index in [0.29, 0.717) is 5.69 Å². The van der Waals surface area contributed by atoms with E-state index >= 15 is 0 Å². The molecular weight excluding hydrogens is 244 g/mol. The minimum Gasteiger partial charge on any atom is -0.474 e. The zero-order chi connectivity index (χ0) is 13.6. The average molecular weight is 256 g/mol. The number of carboxylic acids is 1. The van der Waals surface area contributed by atoms with Gasteiger partial charge in [-0.2, -0.15) is 0 Å². The highest BCUT2D eigenvalue weighted by Gasteiger charge is 2.18. The van der Waals surface area contributed by atoms with Gasteiger partial charge in [-0.15, -0.1) is 0 Å². The number of benzene rings is 1. The number of oxazole rings is 1. The lowest BCUT2D eigenvalue weighted by atomic mass is 10.1. The monoisotopic (exact) mass is 256 g/mol. The van der Waals surface area contributed by atoms with Gasteiger partial charge in [-0.3, -0.25) is 0 Å². The second-order valence-corrected chi connectivity index (χ2v) is 4.38. The van der Waals surface area contributed by atoms with Gasteiger partial charge >= 0.3 is 11.9 Å². The Morgan fingerprint density at radius 1 is 1.37 bits per heavy atom. The molecule has 0 amide bonds. The lowest BCUT2D eigenvalue weighted by Crippen LogP contribution is -1.96. The molecule has 0 aliphatic rings. The quantitative estimate of drug-likeness (QED) is 0.765. The Bertz CT molecular complexity index is 783. The number of hydrogen-bond donors (Lipinski definition) is 1. The molecule has 0 bridgehead atoms. The summed E-state index contributed by atoms with van der Waals surface area (Å²) in [4.78, 5) is 14.9. The lowest BCUT2D eigenvalue weighted by molar-refractivity contribution is 0.0653. The van der Waals surface area contributed by atoms with E-state index in [1.807, 2.05) is 38.2 Å². The van der Waals surface area contributed by atoms with Gasteiger partial charge in [0, 0.05) is 29.2 Å². The Balaban J connectivity index is 2.29. The van der Waals surface area contributed by atoms with E-state index in [1.165, 1.54) is 6.26 Å². The molecule has 5 nitrogen and oxygen atoms in total. The largest absolute Gasteiger partial charge is 0.474 e. The second kappa shape index (κ2) is 3.98. The summed E-state index contributed by atoms with van der Waals surface area (Å²) >= 11 is 0. The predicted molar refractivity (Wildman–Crippen MR) is 70.1 cm³/mol. The van der Waals surface area contributed by atoms with Crippen molar-refractivity contribution < 1.29 is 14.3 Å². The molecule has 0 saturated heterocycles. The third-order valence-corrected chi connectivity index (χ3v) is 3.34. The van der Waals surface area contributed by atoms with Crippen LogP contribution in [0.15, 0.2) is 34.9 Å². The van der Waals surface area contributed by atoms with E-state index in [4.69, 9.17) is 9.52 Å². The number of fused-ring (bicyclic) bond motifs is 1. The Morgan fingerprint density at radius 3 is 2.79 bits per heavy atom. The number of hydrogen-bond acceptors (Lipinski definition) is 3. The maximum atomic E-state index is 10.8. The molecule has 1 aromatic carbocycles. The minimum atomic E-state index is -1.16. The van der Waals surface area contributed by atoms with Crippen molar-refractivity contribution in [2.24, 2.45) is 7.05 Å². The highest BCUT2D eigenvalue weighted by Crippen LogP contribution is 2.33. The van der Waals surface area contributed by atoms with Crippen molar-refractivity contribution in [3.63, 3.8) is 0 Å². The van der Waals surface area contributed by atoms with Crippen LogP contribution in [0, 0.1) is 6.92 Å². The first-order valence-corrected chi connectivity index (χ1v) is 5.83. The molecule has 19 heavy (non-hydrogen) atoms.